The summed E-state index contributed by atoms with van der Waals surface area (Å²) in [6.45, 7) is 3.36. The minimum absolute atomic E-state index is 0.777. The summed E-state index contributed by atoms with van der Waals surface area (Å²) < 4.78 is 47.7. The third kappa shape index (κ3) is 3.78. The standard InChI is InChI=1S/C15H14NO2.ClHO4/c1-3-11-4-2-6-13-14(11)12(5-1)15(18-13)16-7-9-17-10-8-16;2-1(3,4)5/h1-6H,7-10H2;(H,2,3,4,5)/q+1;/p-1. The fourth-order valence-corrected chi connectivity index (χ4v) is 2.73. The zero-order chi connectivity index (χ0) is 16.4. The molecule has 2 aliphatic rings. The van der Waals surface area contributed by atoms with Crippen molar-refractivity contribution in [2.24, 2.45) is 0 Å². The Bertz CT molecular complexity index is 736. The van der Waals surface area contributed by atoms with Crippen LogP contribution in [-0.4, -0.2) is 36.8 Å². The summed E-state index contributed by atoms with van der Waals surface area (Å²) in [6, 6.07) is 12.6. The third-order valence-electron chi connectivity index (χ3n) is 3.60. The van der Waals surface area contributed by atoms with Crippen LogP contribution in [0.15, 0.2) is 36.4 Å². The van der Waals surface area contributed by atoms with Crippen molar-refractivity contribution in [3.8, 4) is 5.75 Å². The molecule has 0 amide bonds. The number of rotatable bonds is 0. The number of hydrogen-bond donors (Lipinski definition) is 0. The van der Waals surface area contributed by atoms with Gasteiger partial charge < -0.3 is 9.47 Å². The molecule has 2 aromatic rings. The topological polar surface area (TPSA) is 114 Å². The summed E-state index contributed by atoms with van der Waals surface area (Å²) in [5.74, 6) is 1.97. The molecular formula is C15H14ClNO6. The van der Waals surface area contributed by atoms with Crippen LogP contribution in [-0.2, 0) is 4.74 Å². The second kappa shape index (κ2) is 6.40. The van der Waals surface area contributed by atoms with Crippen LogP contribution in [0.2, 0.25) is 0 Å². The van der Waals surface area contributed by atoms with Gasteiger partial charge in [0.2, 0.25) is 0 Å². The van der Waals surface area contributed by atoms with E-state index in [1.807, 2.05) is 12.1 Å². The summed E-state index contributed by atoms with van der Waals surface area (Å²) in [4.78, 5) is 0. The van der Waals surface area contributed by atoms with E-state index in [-0.39, 0.29) is 0 Å². The highest BCUT2D eigenvalue weighted by atomic mass is 35.7. The molecule has 0 atom stereocenters. The van der Waals surface area contributed by atoms with Gasteiger partial charge in [0, 0.05) is 5.39 Å². The smallest absolute Gasteiger partial charge is 0.376 e. The fraction of sp³-hybridized carbons (Fsp3) is 0.267. The highest BCUT2D eigenvalue weighted by Gasteiger charge is 2.30. The lowest BCUT2D eigenvalue weighted by atomic mass is 10.1. The van der Waals surface area contributed by atoms with Crippen LogP contribution >= 0.6 is 0 Å². The molecule has 2 heterocycles. The van der Waals surface area contributed by atoms with Crippen molar-refractivity contribution in [1.29, 1.82) is 0 Å². The van der Waals surface area contributed by atoms with Crippen LogP contribution in [0, 0.1) is 10.2 Å². The molecular weight excluding hydrogens is 326 g/mol. The predicted molar refractivity (Wildman–Crippen MR) is 69.5 cm³/mol. The first-order chi connectivity index (χ1) is 10.9. The van der Waals surface area contributed by atoms with E-state index in [0.717, 1.165) is 38.0 Å². The van der Waals surface area contributed by atoms with E-state index in [1.165, 1.54) is 16.3 Å². The summed E-state index contributed by atoms with van der Waals surface area (Å²) in [5.41, 5.74) is 1.21. The first kappa shape index (κ1) is 16.1. The van der Waals surface area contributed by atoms with Crippen molar-refractivity contribution < 1.29 is 42.9 Å². The fourth-order valence-electron chi connectivity index (χ4n) is 2.73. The number of morpholine rings is 1. The monoisotopic (exact) mass is 339 g/mol. The first-order valence-electron chi connectivity index (χ1n) is 6.95. The molecule has 0 bridgehead atoms. The molecule has 7 nitrogen and oxygen atoms in total. The van der Waals surface area contributed by atoms with Crippen molar-refractivity contribution >= 4 is 16.7 Å². The van der Waals surface area contributed by atoms with Gasteiger partial charge in [-0.25, -0.2) is 18.6 Å². The van der Waals surface area contributed by atoms with Crippen molar-refractivity contribution in [2.75, 3.05) is 26.3 Å². The van der Waals surface area contributed by atoms with Crippen LogP contribution in [0.1, 0.15) is 5.56 Å². The molecule has 0 saturated carbocycles. The largest absolute Gasteiger partial charge is 0.404 e. The molecule has 0 unspecified atom stereocenters. The molecule has 2 aromatic carbocycles. The quantitative estimate of drug-likeness (QED) is 0.481. The van der Waals surface area contributed by atoms with E-state index in [4.69, 9.17) is 28.1 Å². The Balaban J connectivity index is 0.000000276. The zero-order valence-corrected chi connectivity index (χ0v) is 12.8. The lowest BCUT2D eigenvalue weighted by Crippen LogP contribution is -2.68. The zero-order valence-electron chi connectivity index (χ0n) is 12.1. The van der Waals surface area contributed by atoms with Crippen molar-refractivity contribution in [3.63, 3.8) is 0 Å². The molecule has 8 heteroatoms. The van der Waals surface area contributed by atoms with E-state index < -0.39 is 10.2 Å². The Morgan fingerprint density at radius 2 is 1.52 bits per heavy atom. The van der Waals surface area contributed by atoms with Crippen molar-refractivity contribution in [2.45, 2.75) is 0 Å². The van der Waals surface area contributed by atoms with Gasteiger partial charge in [-0.05, 0) is 17.5 Å². The van der Waals surface area contributed by atoms with E-state index in [9.17, 15) is 0 Å². The molecule has 0 aromatic heterocycles. The van der Waals surface area contributed by atoms with Gasteiger partial charge >= 0.3 is 5.90 Å². The van der Waals surface area contributed by atoms with Crippen LogP contribution < -0.4 is 23.4 Å². The van der Waals surface area contributed by atoms with E-state index >= 15 is 0 Å². The molecule has 0 radical (unpaired) electrons. The maximum Gasteiger partial charge on any atom is 0.376 e. The Kier molecular flexibility index (Phi) is 4.49. The Morgan fingerprint density at radius 1 is 0.913 bits per heavy atom. The van der Waals surface area contributed by atoms with E-state index in [2.05, 4.69) is 28.8 Å². The number of halogens is 1. The minimum atomic E-state index is -4.94. The predicted octanol–water partition coefficient (Wildman–Crippen LogP) is -2.73. The third-order valence-corrected chi connectivity index (χ3v) is 3.60. The van der Waals surface area contributed by atoms with Gasteiger partial charge in [0.25, 0.3) is 0 Å². The Labute approximate surface area is 134 Å². The summed E-state index contributed by atoms with van der Waals surface area (Å²) >= 11 is 0. The number of ether oxygens (including phenoxy) is 2. The molecule has 1 saturated heterocycles. The van der Waals surface area contributed by atoms with Crippen molar-refractivity contribution in [3.05, 3.63) is 42.0 Å². The molecule has 4 rings (SSSR count). The Hall–Kier alpha value is -1.74. The number of nitrogens with zero attached hydrogens (tertiary/aromatic N) is 1. The van der Waals surface area contributed by atoms with Gasteiger partial charge in [-0.3, -0.25) is 0 Å². The highest BCUT2D eigenvalue weighted by Crippen LogP contribution is 2.35. The molecule has 2 aliphatic heterocycles. The normalized spacial score (nSPS) is 16.9. The van der Waals surface area contributed by atoms with Gasteiger partial charge in [0.05, 0.1) is 5.56 Å². The molecule has 0 aliphatic carbocycles. The molecule has 0 N–H and O–H groups in total. The highest BCUT2D eigenvalue weighted by molar-refractivity contribution is 6.13. The van der Waals surface area contributed by atoms with Gasteiger partial charge in [0.15, 0.2) is 13.1 Å². The van der Waals surface area contributed by atoms with Gasteiger partial charge in [-0.15, -0.1) is 10.2 Å². The SMILES string of the molecule is [O-][Cl+3]([O-])([O-])[O-].c1cc2c3c(cccc3c1)C(=[N+]1CCOCC1)O2. The van der Waals surface area contributed by atoms with E-state index in [0.29, 0.717) is 0 Å². The van der Waals surface area contributed by atoms with Gasteiger partial charge in [-0.2, -0.15) is 4.58 Å². The second-order valence-corrected chi connectivity index (χ2v) is 5.80. The average Bonchev–Trinajstić information content (AvgIpc) is 2.88. The second-order valence-electron chi connectivity index (χ2n) is 5.04. The molecule has 23 heavy (non-hydrogen) atoms. The Morgan fingerprint density at radius 3 is 2.17 bits per heavy atom. The maximum atomic E-state index is 8.49. The molecule has 0 spiro atoms. The van der Waals surface area contributed by atoms with Crippen LogP contribution in [0.5, 0.6) is 5.75 Å². The molecule has 122 valence electrons. The minimum Gasteiger partial charge on any atom is -0.404 e. The van der Waals surface area contributed by atoms with Crippen LogP contribution in [0.3, 0.4) is 0 Å². The lowest BCUT2D eigenvalue weighted by Gasteiger charge is -2.17. The summed E-state index contributed by atoms with van der Waals surface area (Å²) in [6.07, 6.45) is 0. The van der Waals surface area contributed by atoms with Crippen LogP contribution in [0.4, 0.5) is 0 Å². The maximum absolute atomic E-state index is 8.49. The van der Waals surface area contributed by atoms with E-state index in [1.54, 1.807) is 0 Å². The van der Waals surface area contributed by atoms with Crippen LogP contribution in [0.25, 0.3) is 10.8 Å². The average molecular weight is 340 g/mol. The van der Waals surface area contributed by atoms with Gasteiger partial charge in [-0.1, -0.05) is 24.3 Å². The number of hydrogen-bond acceptors (Lipinski definition) is 6. The first-order valence-corrected chi connectivity index (χ1v) is 8.18. The summed E-state index contributed by atoms with van der Waals surface area (Å²) in [7, 11) is -4.94. The summed E-state index contributed by atoms with van der Waals surface area (Å²) in [5, 5.41) is 2.48. The lowest BCUT2D eigenvalue weighted by molar-refractivity contribution is -2.00. The number of benzene rings is 2. The van der Waals surface area contributed by atoms with Gasteiger partial charge in [0.1, 0.15) is 19.0 Å². The van der Waals surface area contributed by atoms with Crippen molar-refractivity contribution in [1.82, 2.24) is 0 Å². The molecule has 1 fully saturated rings.